The summed E-state index contributed by atoms with van der Waals surface area (Å²) in [5, 5.41) is 12.3. The van der Waals surface area contributed by atoms with Crippen LogP contribution in [0.4, 0.5) is 17.5 Å². The number of carboxylic acids is 1. The minimum atomic E-state index is -0.961. The van der Waals surface area contributed by atoms with E-state index in [1.165, 1.54) is 0 Å². The number of hydrogen-bond donors (Lipinski definition) is 2. The SMILES string of the molecule is CCOc1ccccc1O[C@@H]1CCCN(c2cncc(Nc3cccc(OCc4ccc(C(=O)O)cc4)n3)n2)C1. The number of nitrogens with zero attached hydrogens (tertiary/aromatic N) is 4. The Balaban J connectivity index is 1.20. The number of para-hydroxylation sites is 2. The third-order valence-corrected chi connectivity index (χ3v) is 6.33. The molecule has 0 radical (unpaired) electrons. The summed E-state index contributed by atoms with van der Waals surface area (Å²) in [7, 11) is 0. The highest BCUT2D eigenvalue weighted by Gasteiger charge is 2.24. The highest BCUT2D eigenvalue weighted by atomic mass is 16.5. The number of carboxylic acid groups (broad SMARTS) is 1. The topological polar surface area (TPSA) is 119 Å². The van der Waals surface area contributed by atoms with Crippen LogP contribution in [0.1, 0.15) is 35.7 Å². The van der Waals surface area contributed by atoms with Crippen LogP contribution in [0.15, 0.2) is 79.1 Å². The Morgan fingerprint density at radius 2 is 1.80 bits per heavy atom. The van der Waals surface area contributed by atoms with E-state index in [9.17, 15) is 4.79 Å². The second-order valence-electron chi connectivity index (χ2n) is 9.25. The summed E-state index contributed by atoms with van der Waals surface area (Å²) >= 11 is 0. The number of hydrogen-bond acceptors (Lipinski definition) is 9. The van der Waals surface area contributed by atoms with Crippen molar-refractivity contribution < 1.29 is 24.1 Å². The van der Waals surface area contributed by atoms with Crippen LogP contribution >= 0.6 is 0 Å². The summed E-state index contributed by atoms with van der Waals surface area (Å²) in [6.07, 6.45) is 5.33. The van der Waals surface area contributed by atoms with Crippen molar-refractivity contribution >= 4 is 23.4 Å². The third-order valence-electron chi connectivity index (χ3n) is 6.33. The molecule has 1 aliphatic heterocycles. The number of rotatable bonds is 11. The summed E-state index contributed by atoms with van der Waals surface area (Å²) in [5.74, 6) is 2.87. The van der Waals surface area contributed by atoms with Crippen LogP contribution in [0.25, 0.3) is 0 Å². The molecule has 0 amide bonds. The molecule has 10 nitrogen and oxygen atoms in total. The average Bonchev–Trinajstić information content (AvgIpc) is 2.98. The molecule has 5 rings (SSSR count). The molecule has 3 heterocycles. The number of pyridine rings is 1. The van der Waals surface area contributed by atoms with Crippen molar-refractivity contribution in [2.24, 2.45) is 0 Å². The lowest BCUT2D eigenvalue weighted by Crippen LogP contribution is -2.41. The molecule has 2 aromatic carbocycles. The van der Waals surface area contributed by atoms with E-state index in [-0.39, 0.29) is 18.3 Å². The van der Waals surface area contributed by atoms with E-state index >= 15 is 0 Å². The van der Waals surface area contributed by atoms with Gasteiger partial charge in [0.25, 0.3) is 0 Å². The summed E-state index contributed by atoms with van der Waals surface area (Å²) < 4.78 is 17.8. The van der Waals surface area contributed by atoms with Gasteiger partial charge in [-0.1, -0.05) is 30.3 Å². The molecule has 10 heteroatoms. The first kappa shape index (κ1) is 26.7. The van der Waals surface area contributed by atoms with Crippen LogP contribution in [-0.2, 0) is 6.61 Å². The van der Waals surface area contributed by atoms with Crippen molar-refractivity contribution in [2.45, 2.75) is 32.5 Å². The van der Waals surface area contributed by atoms with Crippen molar-refractivity contribution in [3.63, 3.8) is 0 Å². The van der Waals surface area contributed by atoms with Gasteiger partial charge in [0.2, 0.25) is 5.88 Å². The van der Waals surface area contributed by atoms with Gasteiger partial charge in [0.05, 0.1) is 31.1 Å². The Morgan fingerprint density at radius 1 is 0.975 bits per heavy atom. The molecule has 0 unspecified atom stereocenters. The Kier molecular flexibility index (Phi) is 8.55. The van der Waals surface area contributed by atoms with Crippen LogP contribution in [0.3, 0.4) is 0 Å². The van der Waals surface area contributed by atoms with Crippen molar-refractivity contribution in [1.82, 2.24) is 15.0 Å². The van der Waals surface area contributed by atoms with Gasteiger partial charge in [-0.15, -0.1) is 0 Å². The Hall–Kier alpha value is -4.86. The normalized spacial score (nSPS) is 14.8. The van der Waals surface area contributed by atoms with E-state index in [1.807, 2.05) is 43.3 Å². The average molecular weight is 542 g/mol. The Morgan fingerprint density at radius 3 is 2.60 bits per heavy atom. The zero-order valence-electron chi connectivity index (χ0n) is 22.2. The van der Waals surface area contributed by atoms with Gasteiger partial charge in [-0.3, -0.25) is 4.98 Å². The molecule has 1 aliphatic rings. The number of ether oxygens (including phenoxy) is 3. The van der Waals surface area contributed by atoms with Gasteiger partial charge in [-0.2, -0.15) is 4.98 Å². The molecule has 1 atom stereocenters. The predicted molar refractivity (Wildman–Crippen MR) is 151 cm³/mol. The molecule has 2 aromatic heterocycles. The first-order chi connectivity index (χ1) is 19.6. The van der Waals surface area contributed by atoms with Gasteiger partial charge in [0, 0.05) is 12.6 Å². The molecule has 0 bridgehead atoms. The molecule has 1 fully saturated rings. The summed E-state index contributed by atoms with van der Waals surface area (Å²) in [6, 6.07) is 19.7. The fourth-order valence-electron chi connectivity index (χ4n) is 4.41. The Labute approximate surface area is 232 Å². The van der Waals surface area contributed by atoms with Crippen LogP contribution in [0.5, 0.6) is 17.4 Å². The lowest BCUT2D eigenvalue weighted by Gasteiger charge is -2.33. The third kappa shape index (κ3) is 6.96. The second kappa shape index (κ2) is 12.8. The van der Waals surface area contributed by atoms with Crippen LogP contribution in [0, 0.1) is 0 Å². The highest BCUT2D eigenvalue weighted by molar-refractivity contribution is 5.87. The fraction of sp³-hybridized carbons (Fsp3) is 0.267. The van der Waals surface area contributed by atoms with Crippen molar-refractivity contribution in [2.75, 3.05) is 29.9 Å². The molecule has 0 spiro atoms. The predicted octanol–water partition coefficient (Wildman–Crippen LogP) is 5.34. The lowest BCUT2D eigenvalue weighted by molar-refractivity contribution is 0.0696. The highest BCUT2D eigenvalue weighted by Crippen LogP contribution is 2.30. The lowest BCUT2D eigenvalue weighted by atomic mass is 10.1. The summed E-state index contributed by atoms with van der Waals surface area (Å²) in [6.45, 7) is 4.35. The fourth-order valence-corrected chi connectivity index (χ4v) is 4.41. The van der Waals surface area contributed by atoms with E-state index in [0.717, 1.165) is 42.3 Å². The maximum atomic E-state index is 11.0. The van der Waals surface area contributed by atoms with E-state index in [1.54, 1.807) is 42.7 Å². The number of nitrogens with one attached hydrogen (secondary N) is 1. The molecule has 0 saturated carbocycles. The molecule has 4 aromatic rings. The Bertz CT molecular complexity index is 1430. The number of benzene rings is 2. The van der Waals surface area contributed by atoms with Crippen LogP contribution in [0.2, 0.25) is 0 Å². The minimum Gasteiger partial charge on any atom is -0.490 e. The number of piperidine rings is 1. The van der Waals surface area contributed by atoms with Gasteiger partial charge in [0.15, 0.2) is 17.3 Å². The quantitative estimate of drug-likeness (QED) is 0.258. The standard InChI is InChI=1S/C30H31N5O5/c1-2-38-24-8-3-4-9-25(24)40-23-7-6-16-35(19-23)28-18-31-17-27(33-28)32-26-10-5-11-29(34-26)39-20-21-12-14-22(15-13-21)30(36)37/h3-5,8-15,17-18,23H,2,6-7,16,19-20H2,1H3,(H,36,37)(H,32,33,34)/t23-/m1/s1. The van der Waals surface area contributed by atoms with E-state index < -0.39 is 5.97 Å². The molecule has 40 heavy (non-hydrogen) atoms. The summed E-state index contributed by atoms with van der Waals surface area (Å²) in [5.41, 5.74) is 1.07. The number of aromatic carboxylic acids is 1. The van der Waals surface area contributed by atoms with Crippen molar-refractivity contribution in [3.05, 3.63) is 90.3 Å². The maximum absolute atomic E-state index is 11.0. The van der Waals surface area contributed by atoms with Gasteiger partial charge in [-0.25, -0.2) is 9.78 Å². The van der Waals surface area contributed by atoms with Gasteiger partial charge in [0.1, 0.15) is 24.3 Å². The molecule has 0 aliphatic carbocycles. The van der Waals surface area contributed by atoms with E-state index in [0.29, 0.717) is 30.7 Å². The molecule has 1 saturated heterocycles. The van der Waals surface area contributed by atoms with Crippen LogP contribution < -0.4 is 24.4 Å². The first-order valence-electron chi connectivity index (χ1n) is 13.2. The first-order valence-corrected chi connectivity index (χ1v) is 13.2. The minimum absolute atomic E-state index is 0.00426. The maximum Gasteiger partial charge on any atom is 0.335 e. The second-order valence-corrected chi connectivity index (χ2v) is 9.25. The zero-order valence-corrected chi connectivity index (χ0v) is 22.2. The molecular formula is C30H31N5O5. The molecule has 206 valence electrons. The molecule has 2 N–H and O–H groups in total. The van der Waals surface area contributed by atoms with Gasteiger partial charge < -0.3 is 29.5 Å². The number of aromatic nitrogens is 3. The smallest absolute Gasteiger partial charge is 0.335 e. The zero-order chi connectivity index (χ0) is 27.7. The largest absolute Gasteiger partial charge is 0.490 e. The summed E-state index contributed by atoms with van der Waals surface area (Å²) in [4.78, 5) is 26.9. The number of carbonyl (C=O) groups is 1. The van der Waals surface area contributed by atoms with Crippen LogP contribution in [-0.4, -0.2) is 51.8 Å². The van der Waals surface area contributed by atoms with Gasteiger partial charge in [-0.05, 0) is 55.7 Å². The monoisotopic (exact) mass is 541 g/mol. The van der Waals surface area contributed by atoms with Crippen molar-refractivity contribution in [1.29, 1.82) is 0 Å². The van der Waals surface area contributed by atoms with Gasteiger partial charge >= 0.3 is 5.97 Å². The number of anilines is 3. The van der Waals surface area contributed by atoms with Crippen molar-refractivity contribution in [3.8, 4) is 17.4 Å². The van der Waals surface area contributed by atoms with E-state index in [4.69, 9.17) is 24.3 Å². The van der Waals surface area contributed by atoms with E-state index in [2.05, 4.69) is 20.2 Å². The molecular weight excluding hydrogens is 510 g/mol.